The summed E-state index contributed by atoms with van der Waals surface area (Å²) < 4.78 is 5.39. The molecule has 0 heterocycles. The van der Waals surface area contributed by atoms with E-state index in [-0.39, 0.29) is 18.0 Å². The van der Waals surface area contributed by atoms with Crippen molar-refractivity contribution in [1.29, 1.82) is 0 Å². The lowest BCUT2D eigenvalue weighted by Crippen LogP contribution is -2.20. The van der Waals surface area contributed by atoms with Crippen molar-refractivity contribution in [3.05, 3.63) is 12.2 Å². The number of hydrogen-bond donors (Lipinski definition) is 0. The fourth-order valence-electron chi connectivity index (χ4n) is 2.35. The average molecular weight is 296 g/mol. The maximum atomic E-state index is 12.2. The van der Waals surface area contributed by atoms with E-state index in [0.29, 0.717) is 5.92 Å². The van der Waals surface area contributed by atoms with Crippen LogP contribution in [0, 0.1) is 11.8 Å². The van der Waals surface area contributed by atoms with Gasteiger partial charge in [-0.2, -0.15) is 0 Å². The summed E-state index contributed by atoms with van der Waals surface area (Å²) in [6.45, 7) is 10.5. The monoisotopic (exact) mass is 296 g/mol. The SMILES string of the molecule is CCCCCCC(/C=C\C(C)CCCC)C(=O)OC(C)C. The van der Waals surface area contributed by atoms with Crippen LogP contribution in [-0.2, 0) is 9.53 Å². The van der Waals surface area contributed by atoms with Gasteiger partial charge in [-0.15, -0.1) is 0 Å². The summed E-state index contributed by atoms with van der Waals surface area (Å²) in [5, 5.41) is 0. The third kappa shape index (κ3) is 11.5. The molecule has 0 spiro atoms. The maximum Gasteiger partial charge on any atom is 0.313 e. The second-order valence-electron chi connectivity index (χ2n) is 6.45. The van der Waals surface area contributed by atoms with E-state index in [1.807, 2.05) is 13.8 Å². The van der Waals surface area contributed by atoms with Crippen LogP contribution < -0.4 is 0 Å². The van der Waals surface area contributed by atoms with E-state index >= 15 is 0 Å². The third-order valence-electron chi connectivity index (χ3n) is 3.71. The molecule has 0 aromatic rings. The summed E-state index contributed by atoms with van der Waals surface area (Å²) in [6.07, 6.45) is 13.7. The summed E-state index contributed by atoms with van der Waals surface area (Å²) in [5.74, 6) is 0.434. The van der Waals surface area contributed by atoms with Gasteiger partial charge in [-0.05, 0) is 32.6 Å². The number of rotatable bonds is 12. The predicted molar refractivity (Wildman–Crippen MR) is 91.3 cm³/mol. The van der Waals surface area contributed by atoms with Crippen LogP contribution in [0.5, 0.6) is 0 Å². The number of unbranched alkanes of at least 4 members (excludes halogenated alkanes) is 4. The first-order chi connectivity index (χ1) is 10.0. The fourth-order valence-corrected chi connectivity index (χ4v) is 2.35. The summed E-state index contributed by atoms with van der Waals surface area (Å²) in [4.78, 5) is 12.2. The van der Waals surface area contributed by atoms with Crippen LogP contribution >= 0.6 is 0 Å². The van der Waals surface area contributed by atoms with Gasteiger partial charge in [-0.3, -0.25) is 4.79 Å². The summed E-state index contributed by atoms with van der Waals surface area (Å²) in [5.41, 5.74) is 0. The first kappa shape index (κ1) is 20.2. The molecule has 2 heteroatoms. The van der Waals surface area contributed by atoms with Crippen LogP contribution in [0.3, 0.4) is 0 Å². The van der Waals surface area contributed by atoms with Gasteiger partial charge in [0, 0.05) is 0 Å². The zero-order chi connectivity index (χ0) is 16.1. The van der Waals surface area contributed by atoms with Crippen LogP contribution in [0.2, 0.25) is 0 Å². The minimum Gasteiger partial charge on any atom is -0.463 e. The number of ether oxygens (including phenoxy) is 1. The van der Waals surface area contributed by atoms with Gasteiger partial charge in [-0.1, -0.05) is 71.4 Å². The normalized spacial score (nSPS) is 14.6. The van der Waals surface area contributed by atoms with Gasteiger partial charge in [-0.25, -0.2) is 0 Å². The highest BCUT2D eigenvalue weighted by molar-refractivity contribution is 5.74. The van der Waals surface area contributed by atoms with Crippen molar-refractivity contribution in [2.24, 2.45) is 11.8 Å². The summed E-state index contributed by atoms with van der Waals surface area (Å²) >= 11 is 0. The minimum absolute atomic E-state index is 0.0263. The number of carbonyl (C=O) groups is 1. The Balaban J connectivity index is 4.41. The lowest BCUT2D eigenvalue weighted by atomic mass is 9.96. The first-order valence-corrected chi connectivity index (χ1v) is 8.90. The van der Waals surface area contributed by atoms with E-state index in [1.54, 1.807) is 0 Å². The van der Waals surface area contributed by atoms with Crippen LogP contribution in [-0.4, -0.2) is 12.1 Å². The molecule has 0 N–H and O–H groups in total. The van der Waals surface area contributed by atoms with Gasteiger partial charge in [0.05, 0.1) is 12.0 Å². The van der Waals surface area contributed by atoms with E-state index in [9.17, 15) is 4.79 Å². The molecule has 0 bridgehead atoms. The number of allylic oxidation sites excluding steroid dienone is 1. The molecule has 0 aromatic carbocycles. The minimum atomic E-state index is -0.0617. The van der Waals surface area contributed by atoms with Crippen LogP contribution in [0.1, 0.15) is 86.0 Å². The summed E-state index contributed by atoms with van der Waals surface area (Å²) in [6, 6.07) is 0. The summed E-state index contributed by atoms with van der Waals surface area (Å²) in [7, 11) is 0. The molecule has 0 aromatic heterocycles. The smallest absolute Gasteiger partial charge is 0.313 e. The van der Waals surface area contributed by atoms with Crippen LogP contribution in [0.25, 0.3) is 0 Å². The fraction of sp³-hybridized carbons (Fsp3) is 0.842. The molecule has 0 radical (unpaired) electrons. The molecule has 21 heavy (non-hydrogen) atoms. The van der Waals surface area contributed by atoms with E-state index in [4.69, 9.17) is 4.74 Å². The first-order valence-electron chi connectivity index (χ1n) is 8.90. The van der Waals surface area contributed by atoms with E-state index in [1.165, 1.54) is 38.5 Å². The van der Waals surface area contributed by atoms with Crippen molar-refractivity contribution in [2.75, 3.05) is 0 Å². The van der Waals surface area contributed by atoms with Gasteiger partial charge >= 0.3 is 5.97 Å². The maximum absolute atomic E-state index is 12.2. The molecule has 0 amide bonds. The number of carbonyl (C=O) groups excluding carboxylic acids is 1. The van der Waals surface area contributed by atoms with Crippen molar-refractivity contribution in [1.82, 2.24) is 0 Å². The largest absolute Gasteiger partial charge is 0.463 e. The Morgan fingerprint density at radius 2 is 1.57 bits per heavy atom. The molecule has 124 valence electrons. The van der Waals surface area contributed by atoms with Gasteiger partial charge in [0.15, 0.2) is 0 Å². The van der Waals surface area contributed by atoms with Gasteiger partial charge < -0.3 is 4.74 Å². The molecule has 0 fully saturated rings. The Bertz CT molecular complexity index is 281. The molecule has 0 aliphatic heterocycles. The highest BCUT2D eigenvalue weighted by Gasteiger charge is 2.18. The highest BCUT2D eigenvalue weighted by atomic mass is 16.5. The standard InChI is InChI=1S/C19H36O2/c1-6-8-10-11-13-18(19(20)21-16(3)4)15-14-17(5)12-9-7-2/h14-18H,6-13H2,1-5H3/b15-14-. The van der Waals surface area contributed by atoms with Gasteiger partial charge in [0.2, 0.25) is 0 Å². The Hall–Kier alpha value is -0.790. The topological polar surface area (TPSA) is 26.3 Å². The molecule has 0 saturated heterocycles. The van der Waals surface area contributed by atoms with Crippen molar-refractivity contribution in [3.8, 4) is 0 Å². The second-order valence-corrected chi connectivity index (χ2v) is 6.45. The lowest BCUT2D eigenvalue weighted by molar-refractivity contribution is -0.150. The zero-order valence-electron chi connectivity index (χ0n) is 14.9. The van der Waals surface area contributed by atoms with Crippen molar-refractivity contribution < 1.29 is 9.53 Å². The molecular weight excluding hydrogens is 260 g/mol. The van der Waals surface area contributed by atoms with E-state index in [0.717, 1.165) is 12.8 Å². The van der Waals surface area contributed by atoms with E-state index < -0.39 is 0 Å². The molecule has 0 aliphatic rings. The Kier molecular flexibility index (Phi) is 12.4. The Morgan fingerprint density at radius 1 is 0.905 bits per heavy atom. The van der Waals surface area contributed by atoms with Crippen LogP contribution in [0.4, 0.5) is 0 Å². The second kappa shape index (κ2) is 12.9. The molecule has 0 saturated carbocycles. The van der Waals surface area contributed by atoms with Gasteiger partial charge in [0.1, 0.15) is 0 Å². The predicted octanol–water partition coefficient (Wildman–Crippen LogP) is 5.91. The molecule has 2 atom stereocenters. The molecule has 0 aliphatic carbocycles. The number of esters is 1. The van der Waals surface area contributed by atoms with Crippen molar-refractivity contribution in [3.63, 3.8) is 0 Å². The van der Waals surface area contributed by atoms with E-state index in [2.05, 4.69) is 32.9 Å². The molecular formula is C19H36O2. The quantitative estimate of drug-likeness (QED) is 0.254. The highest BCUT2D eigenvalue weighted by Crippen LogP contribution is 2.18. The number of hydrogen-bond acceptors (Lipinski definition) is 2. The zero-order valence-corrected chi connectivity index (χ0v) is 14.9. The van der Waals surface area contributed by atoms with Crippen molar-refractivity contribution >= 4 is 5.97 Å². The van der Waals surface area contributed by atoms with Gasteiger partial charge in [0.25, 0.3) is 0 Å². The Morgan fingerprint density at radius 3 is 2.14 bits per heavy atom. The average Bonchev–Trinajstić information content (AvgIpc) is 2.43. The van der Waals surface area contributed by atoms with Crippen molar-refractivity contribution in [2.45, 2.75) is 92.1 Å². The lowest BCUT2D eigenvalue weighted by Gasteiger charge is -2.15. The molecule has 0 rings (SSSR count). The van der Waals surface area contributed by atoms with Crippen LogP contribution in [0.15, 0.2) is 12.2 Å². The Labute approximate surface area is 132 Å². The molecule has 2 unspecified atom stereocenters. The molecule has 2 nitrogen and oxygen atoms in total. The third-order valence-corrected chi connectivity index (χ3v) is 3.71.